The summed E-state index contributed by atoms with van der Waals surface area (Å²) in [4.78, 5) is 51.9. The molecular weight excluding hydrogens is 550 g/mol. The van der Waals surface area contributed by atoms with E-state index in [1.54, 1.807) is 24.3 Å². The van der Waals surface area contributed by atoms with Crippen molar-refractivity contribution in [2.24, 2.45) is 17.6 Å². The first-order chi connectivity index (χ1) is 20.5. The zero-order chi connectivity index (χ0) is 31.9. The number of esters is 1. The summed E-state index contributed by atoms with van der Waals surface area (Å²) in [5.74, 6) is -4.28. The molecule has 43 heavy (non-hydrogen) atoms. The van der Waals surface area contributed by atoms with Crippen molar-refractivity contribution >= 4 is 23.8 Å². The van der Waals surface area contributed by atoms with E-state index in [2.05, 4.69) is 10.6 Å². The van der Waals surface area contributed by atoms with Crippen LogP contribution in [0.5, 0.6) is 0 Å². The number of amides is 2. The molecule has 0 saturated carbocycles. The number of ether oxygens (including phenoxy) is 1. The van der Waals surface area contributed by atoms with Gasteiger partial charge in [-0.05, 0) is 29.4 Å². The Balaban J connectivity index is 2.45. The second-order valence-corrected chi connectivity index (χ2v) is 11.1. The summed E-state index contributed by atoms with van der Waals surface area (Å²) >= 11 is 0. The minimum atomic E-state index is -1.57. The molecule has 0 aliphatic rings. The van der Waals surface area contributed by atoms with E-state index in [-0.39, 0.29) is 18.3 Å². The Kier molecular flexibility index (Phi) is 14.9. The normalized spacial score (nSPS) is 15.4. The number of benzene rings is 2. The van der Waals surface area contributed by atoms with Crippen LogP contribution in [0, 0.1) is 11.8 Å². The SMILES string of the molecule is CCCC[C@H](C)[C@H](CC(=O)N[C@H](C(=O)N[C@@H](CO)C(=O)O)C(c1ccccc1)c1ccccc1)OC(=O)[C@H](N)[C@H](C)CC. The lowest BCUT2D eigenvalue weighted by Crippen LogP contribution is -2.55. The molecule has 2 aromatic rings. The molecule has 0 aliphatic carbocycles. The second-order valence-electron chi connectivity index (χ2n) is 11.1. The van der Waals surface area contributed by atoms with E-state index in [0.29, 0.717) is 17.5 Å². The number of carboxylic acid groups (broad SMARTS) is 1. The van der Waals surface area contributed by atoms with E-state index in [4.69, 9.17) is 10.5 Å². The van der Waals surface area contributed by atoms with E-state index < -0.39 is 60.5 Å². The van der Waals surface area contributed by atoms with E-state index in [1.165, 1.54) is 0 Å². The maximum Gasteiger partial charge on any atom is 0.328 e. The molecule has 2 amide bonds. The minimum absolute atomic E-state index is 0.104. The molecule has 0 heterocycles. The Morgan fingerprint density at radius 2 is 1.44 bits per heavy atom. The number of unbranched alkanes of at least 4 members (excludes halogenated alkanes) is 1. The van der Waals surface area contributed by atoms with Gasteiger partial charge in [-0.15, -0.1) is 0 Å². The van der Waals surface area contributed by atoms with Crippen LogP contribution in [-0.2, 0) is 23.9 Å². The molecule has 6 N–H and O–H groups in total. The summed E-state index contributed by atoms with van der Waals surface area (Å²) in [6, 6.07) is 14.5. The van der Waals surface area contributed by atoms with Crippen LogP contribution >= 0.6 is 0 Å². The lowest BCUT2D eigenvalue weighted by Gasteiger charge is -2.31. The Bertz CT molecular complexity index is 1120. The van der Waals surface area contributed by atoms with Crippen molar-refractivity contribution in [3.63, 3.8) is 0 Å². The molecule has 2 rings (SSSR count). The van der Waals surface area contributed by atoms with Crippen LogP contribution in [0.15, 0.2) is 60.7 Å². The monoisotopic (exact) mass is 597 g/mol. The smallest absolute Gasteiger partial charge is 0.328 e. The number of nitrogens with one attached hydrogen (secondary N) is 2. The number of carbonyl (C=O) groups is 4. The van der Waals surface area contributed by atoms with E-state index >= 15 is 0 Å². The summed E-state index contributed by atoms with van der Waals surface area (Å²) in [6.07, 6.45) is 2.21. The first kappa shape index (κ1) is 35.4. The van der Waals surface area contributed by atoms with Gasteiger partial charge in [0.2, 0.25) is 11.8 Å². The molecular formula is C33H47N3O7. The predicted octanol–water partition coefficient (Wildman–Crippen LogP) is 3.37. The van der Waals surface area contributed by atoms with Gasteiger partial charge in [-0.3, -0.25) is 14.4 Å². The number of hydrogen-bond acceptors (Lipinski definition) is 7. The Morgan fingerprint density at radius 3 is 1.91 bits per heavy atom. The van der Waals surface area contributed by atoms with Gasteiger partial charge in [0.15, 0.2) is 0 Å². The predicted molar refractivity (Wildman–Crippen MR) is 164 cm³/mol. The van der Waals surface area contributed by atoms with Gasteiger partial charge < -0.3 is 31.3 Å². The van der Waals surface area contributed by atoms with Crippen LogP contribution < -0.4 is 16.4 Å². The second kappa shape index (κ2) is 18.0. The number of aliphatic hydroxyl groups excluding tert-OH is 1. The molecule has 0 aromatic heterocycles. The fourth-order valence-electron chi connectivity index (χ4n) is 4.85. The van der Waals surface area contributed by atoms with Crippen LogP contribution in [0.3, 0.4) is 0 Å². The molecule has 2 aromatic carbocycles. The molecule has 0 spiro atoms. The molecule has 0 bridgehead atoms. The van der Waals surface area contributed by atoms with Crippen molar-refractivity contribution in [1.82, 2.24) is 10.6 Å². The lowest BCUT2D eigenvalue weighted by atomic mass is 9.84. The van der Waals surface area contributed by atoms with Crippen LogP contribution in [0.1, 0.15) is 76.8 Å². The largest absolute Gasteiger partial charge is 0.480 e. The van der Waals surface area contributed by atoms with Crippen molar-refractivity contribution in [2.75, 3.05) is 6.61 Å². The van der Waals surface area contributed by atoms with Gasteiger partial charge >= 0.3 is 11.9 Å². The molecule has 236 valence electrons. The third kappa shape index (κ3) is 10.8. The Hall–Kier alpha value is -3.76. The number of aliphatic carboxylic acids is 1. The first-order valence-electron chi connectivity index (χ1n) is 15.0. The minimum Gasteiger partial charge on any atom is -0.480 e. The summed E-state index contributed by atoms with van der Waals surface area (Å²) in [5, 5.41) is 24.2. The maximum absolute atomic E-state index is 13.7. The number of nitrogens with two attached hydrogens (primary N) is 1. The van der Waals surface area contributed by atoms with Gasteiger partial charge in [-0.25, -0.2) is 4.79 Å². The van der Waals surface area contributed by atoms with Crippen molar-refractivity contribution in [1.29, 1.82) is 0 Å². The molecule has 0 saturated heterocycles. The van der Waals surface area contributed by atoms with Crippen molar-refractivity contribution in [3.8, 4) is 0 Å². The molecule has 10 nitrogen and oxygen atoms in total. The highest BCUT2D eigenvalue weighted by Gasteiger charge is 2.36. The molecule has 6 atom stereocenters. The van der Waals surface area contributed by atoms with Gasteiger partial charge in [-0.2, -0.15) is 0 Å². The maximum atomic E-state index is 13.7. The van der Waals surface area contributed by atoms with Gasteiger partial charge in [0.05, 0.1) is 13.0 Å². The topological polar surface area (TPSA) is 168 Å². The highest BCUT2D eigenvalue weighted by atomic mass is 16.5. The van der Waals surface area contributed by atoms with Crippen LogP contribution in [0.2, 0.25) is 0 Å². The quantitative estimate of drug-likeness (QED) is 0.163. The zero-order valence-corrected chi connectivity index (χ0v) is 25.6. The van der Waals surface area contributed by atoms with E-state index in [9.17, 15) is 29.4 Å². The fraction of sp³-hybridized carbons (Fsp3) is 0.515. The van der Waals surface area contributed by atoms with Gasteiger partial charge in [0, 0.05) is 5.92 Å². The fourth-order valence-corrected chi connectivity index (χ4v) is 4.85. The third-order valence-electron chi connectivity index (χ3n) is 7.88. The molecule has 10 heteroatoms. The van der Waals surface area contributed by atoms with Crippen LogP contribution in [-0.4, -0.2) is 64.8 Å². The number of rotatable bonds is 18. The van der Waals surface area contributed by atoms with E-state index in [0.717, 1.165) is 19.3 Å². The number of aliphatic hydroxyl groups is 1. The Morgan fingerprint density at radius 1 is 0.884 bits per heavy atom. The van der Waals surface area contributed by atoms with Crippen molar-refractivity contribution in [3.05, 3.63) is 71.8 Å². The van der Waals surface area contributed by atoms with Crippen LogP contribution in [0.4, 0.5) is 0 Å². The average molecular weight is 598 g/mol. The van der Waals surface area contributed by atoms with Crippen molar-refractivity contribution < 1.29 is 34.1 Å². The van der Waals surface area contributed by atoms with Gasteiger partial charge in [0.1, 0.15) is 24.2 Å². The van der Waals surface area contributed by atoms with Gasteiger partial charge in [-0.1, -0.05) is 108 Å². The van der Waals surface area contributed by atoms with Gasteiger partial charge in [0.25, 0.3) is 0 Å². The number of carboxylic acids is 1. The average Bonchev–Trinajstić information content (AvgIpc) is 3.01. The lowest BCUT2D eigenvalue weighted by molar-refractivity contribution is -0.156. The summed E-state index contributed by atoms with van der Waals surface area (Å²) < 4.78 is 5.81. The highest BCUT2D eigenvalue weighted by molar-refractivity contribution is 5.92. The molecule has 0 radical (unpaired) electrons. The van der Waals surface area contributed by atoms with E-state index in [1.807, 2.05) is 64.1 Å². The summed E-state index contributed by atoms with van der Waals surface area (Å²) in [6.45, 7) is 6.93. The summed E-state index contributed by atoms with van der Waals surface area (Å²) in [7, 11) is 0. The number of hydrogen-bond donors (Lipinski definition) is 5. The molecule has 0 fully saturated rings. The zero-order valence-electron chi connectivity index (χ0n) is 25.6. The summed E-state index contributed by atoms with van der Waals surface area (Å²) in [5.41, 5.74) is 7.55. The van der Waals surface area contributed by atoms with Crippen molar-refractivity contribution in [2.45, 2.75) is 89.9 Å². The Labute approximate surface area is 254 Å². The standard InChI is InChI=1S/C33H47N3O7/c1-5-7-14-22(4)26(43-33(42)29(34)21(3)6-2)19-27(38)36-30(31(39)35-25(20-37)32(40)41)28(23-15-10-8-11-16-23)24-17-12-9-13-18-24/h8-13,15-18,21-22,25-26,28-30,37H,5-7,14,19-20,34H2,1-4H3,(H,35,39)(H,36,38)(H,40,41)/t21-,22+,25+,26+,29-,30+/m1/s1. The third-order valence-corrected chi connectivity index (χ3v) is 7.88. The first-order valence-corrected chi connectivity index (χ1v) is 15.0. The highest BCUT2D eigenvalue weighted by Crippen LogP contribution is 2.29. The van der Waals surface area contributed by atoms with Crippen LogP contribution in [0.25, 0.3) is 0 Å². The molecule has 0 unspecified atom stereocenters. The molecule has 0 aliphatic heterocycles. The number of carbonyl (C=O) groups excluding carboxylic acids is 3.